The number of rotatable bonds is 5. The Hall–Kier alpha value is -1.35. The Kier molecular flexibility index (Phi) is 5.40. The van der Waals surface area contributed by atoms with E-state index in [0.717, 1.165) is 19.4 Å². The van der Waals surface area contributed by atoms with Crippen molar-refractivity contribution in [1.29, 1.82) is 0 Å². The number of ether oxygens (including phenoxy) is 1. The van der Waals surface area contributed by atoms with E-state index in [1.54, 1.807) is 0 Å². The van der Waals surface area contributed by atoms with Gasteiger partial charge in [0, 0.05) is 6.54 Å². The van der Waals surface area contributed by atoms with Crippen molar-refractivity contribution in [3.63, 3.8) is 0 Å². The fourth-order valence-corrected chi connectivity index (χ4v) is 2.86. The maximum Gasteiger partial charge on any atom is 0.323 e. The van der Waals surface area contributed by atoms with Gasteiger partial charge < -0.3 is 10.1 Å². The van der Waals surface area contributed by atoms with E-state index in [0.29, 0.717) is 5.92 Å². The Labute approximate surface area is 115 Å². The molecule has 104 valence electrons. The predicted molar refractivity (Wildman–Crippen MR) is 75.7 cm³/mol. The minimum absolute atomic E-state index is 0.122. The molecular weight excluding hydrogens is 238 g/mol. The van der Waals surface area contributed by atoms with Crippen molar-refractivity contribution >= 4 is 5.97 Å². The van der Waals surface area contributed by atoms with Gasteiger partial charge in [0.25, 0.3) is 0 Å². The van der Waals surface area contributed by atoms with Crippen molar-refractivity contribution in [2.45, 2.75) is 44.7 Å². The maximum absolute atomic E-state index is 11.9. The summed E-state index contributed by atoms with van der Waals surface area (Å²) in [6.45, 7) is 0.719. The van der Waals surface area contributed by atoms with Crippen molar-refractivity contribution < 1.29 is 9.53 Å². The number of nitrogens with one attached hydrogen (secondary N) is 1. The quantitative estimate of drug-likeness (QED) is 0.828. The van der Waals surface area contributed by atoms with Crippen LogP contribution in [0, 0.1) is 5.92 Å². The highest BCUT2D eigenvalue weighted by molar-refractivity contribution is 5.76. The first-order valence-electron chi connectivity index (χ1n) is 7.16. The Morgan fingerprint density at radius 3 is 2.58 bits per heavy atom. The third-order valence-electron chi connectivity index (χ3n) is 3.95. The first-order chi connectivity index (χ1) is 9.31. The second-order valence-electron chi connectivity index (χ2n) is 5.27. The molecule has 1 saturated carbocycles. The summed E-state index contributed by atoms with van der Waals surface area (Å²) in [6, 6.07) is 10.0. The normalized spacial score (nSPS) is 17.9. The Morgan fingerprint density at radius 2 is 1.95 bits per heavy atom. The van der Waals surface area contributed by atoms with Crippen molar-refractivity contribution in [1.82, 2.24) is 5.32 Å². The van der Waals surface area contributed by atoms with E-state index in [4.69, 9.17) is 4.74 Å². The van der Waals surface area contributed by atoms with E-state index in [1.807, 2.05) is 18.2 Å². The summed E-state index contributed by atoms with van der Waals surface area (Å²) in [6.07, 6.45) is 6.00. The van der Waals surface area contributed by atoms with Gasteiger partial charge in [0.05, 0.1) is 7.11 Å². The summed E-state index contributed by atoms with van der Waals surface area (Å²) in [5.41, 5.74) is 1.20. The first kappa shape index (κ1) is 14.1. The van der Waals surface area contributed by atoms with E-state index >= 15 is 0 Å². The predicted octanol–water partition coefficient (Wildman–Crippen LogP) is 2.90. The van der Waals surface area contributed by atoms with Crippen LogP contribution in [0.3, 0.4) is 0 Å². The van der Waals surface area contributed by atoms with Crippen molar-refractivity contribution in [2.24, 2.45) is 5.92 Å². The zero-order valence-corrected chi connectivity index (χ0v) is 11.6. The fourth-order valence-electron chi connectivity index (χ4n) is 2.86. The fraction of sp³-hybridized carbons (Fsp3) is 0.562. The van der Waals surface area contributed by atoms with Gasteiger partial charge in [-0.05, 0) is 24.3 Å². The molecule has 19 heavy (non-hydrogen) atoms. The molecule has 1 aromatic rings. The highest BCUT2D eigenvalue weighted by Gasteiger charge is 2.29. The molecule has 0 heterocycles. The molecular formula is C16H23NO2. The summed E-state index contributed by atoms with van der Waals surface area (Å²) < 4.78 is 4.95. The van der Waals surface area contributed by atoms with Crippen LogP contribution in [0.4, 0.5) is 0 Å². The van der Waals surface area contributed by atoms with Gasteiger partial charge in [-0.2, -0.15) is 0 Å². The lowest BCUT2D eigenvalue weighted by Gasteiger charge is -2.29. The molecule has 1 atom stereocenters. The molecule has 1 unspecified atom stereocenters. The Morgan fingerprint density at radius 1 is 1.26 bits per heavy atom. The second-order valence-corrected chi connectivity index (χ2v) is 5.27. The van der Waals surface area contributed by atoms with Crippen molar-refractivity contribution in [2.75, 3.05) is 7.11 Å². The van der Waals surface area contributed by atoms with Crippen LogP contribution in [-0.4, -0.2) is 19.1 Å². The standard InChI is InChI=1S/C16H23NO2/c1-19-16(18)15(14-10-6-3-7-11-14)17-12-13-8-4-2-5-9-13/h2,4-5,8-9,14-15,17H,3,6-7,10-12H2,1H3. The molecule has 0 bridgehead atoms. The summed E-state index contributed by atoms with van der Waals surface area (Å²) >= 11 is 0. The number of carbonyl (C=O) groups excluding carboxylic acids is 1. The molecule has 1 aliphatic carbocycles. The number of carbonyl (C=O) groups is 1. The third-order valence-corrected chi connectivity index (χ3v) is 3.95. The lowest BCUT2D eigenvalue weighted by molar-refractivity contribution is -0.145. The van der Waals surface area contributed by atoms with E-state index in [9.17, 15) is 4.79 Å². The van der Waals surface area contributed by atoms with Crippen molar-refractivity contribution in [3.8, 4) is 0 Å². The number of benzene rings is 1. The average molecular weight is 261 g/mol. The average Bonchev–Trinajstić information content (AvgIpc) is 2.49. The number of methoxy groups -OCH3 is 1. The summed E-state index contributed by atoms with van der Waals surface area (Å²) in [5, 5.41) is 3.38. The smallest absolute Gasteiger partial charge is 0.323 e. The van der Waals surface area contributed by atoms with Crippen LogP contribution in [-0.2, 0) is 16.1 Å². The molecule has 1 aliphatic rings. The molecule has 2 rings (SSSR count). The minimum Gasteiger partial charge on any atom is -0.468 e. The van der Waals surface area contributed by atoms with Crippen LogP contribution < -0.4 is 5.32 Å². The van der Waals surface area contributed by atoms with Crippen molar-refractivity contribution in [3.05, 3.63) is 35.9 Å². The molecule has 1 fully saturated rings. The van der Waals surface area contributed by atoms with E-state index in [1.165, 1.54) is 31.9 Å². The molecule has 1 aromatic carbocycles. The lowest BCUT2D eigenvalue weighted by atomic mass is 9.84. The summed E-state index contributed by atoms with van der Waals surface area (Å²) in [7, 11) is 1.47. The molecule has 1 N–H and O–H groups in total. The van der Waals surface area contributed by atoms with E-state index < -0.39 is 0 Å². The van der Waals surface area contributed by atoms with Gasteiger partial charge in [0.1, 0.15) is 6.04 Å². The third kappa shape index (κ3) is 4.06. The van der Waals surface area contributed by atoms with Crippen LogP contribution in [0.25, 0.3) is 0 Å². The lowest BCUT2D eigenvalue weighted by Crippen LogP contribution is -2.44. The summed E-state index contributed by atoms with van der Waals surface area (Å²) in [4.78, 5) is 11.9. The Bertz CT molecular complexity index is 385. The van der Waals surface area contributed by atoms with Gasteiger partial charge >= 0.3 is 5.97 Å². The molecule has 0 saturated heterocycles. The number of hydrogen-bond donors (Lipinski definition) is 1. The van der Waals surface area contributed by atoms with E-state index in [-0.39, 0.29) is 12.0 Å². The summed E-state index contributed by atoms with van der Waals surface area (Å²) in [5.74, 6) is 0.299. The SMILES string of the molecule is COC(=O)C(NCc1ccccc1)C1CCCCC1. The van der Waals surface area contributed by atoms with Gasteiger partial charge in [-0.15, -0.1) is 0 Å². The van der Waals surface area contributed by atoms with Gasteiger partial charge in [0.2, 0.25) is 0 Å². The van der Waals surface area contributed by atoms with Crippen LogP contribution in [0.5, 0.6) is 0 Å². The Balaban J connectivity index is 1.95. The molecule has 3 nitrogen and oxygen atoms in total. The van der Waals surface area contributed by atoms with E-state index in [2.05, 4.69) is 17.4 Å². The molecule has 0 spiro atoms. The topological polar surface area (TPSA) is 38.3 Å². The molecule has 0 radical (unpaired) electrons. The molecule has 3 heteroatoms. The second kappa shape index (κ2) is 7.29. The van der Waals surface area contributed by atoms with Crippen LogP contribution in [0.15, 0.2) is 30.3 Å². The largest absolute Gasteiger partial charge is 0.468 e. The highest BCUT2D eigenvalue weighted by atomic mass is 16.5. The first-order valence-corrected chi connectivity index (χ1v) is 7.16. The van der Waals surface area contributed by atoms with Crippen LogP contribution >= 0.6 is 0 Å². The maximum atomic E-state index is 11.9. The number of esters is 1. The zero-order chi connectivity index (χ0) is 13.5. The van der Waals surface area contributed by atoms with Gasteiger partial charge in [-0.3, -0.25) is 4.79 Å². The van der Waals surface area contributed by atoms with Crippen LogP contribution in [0.1, 0.15) is 37.7 Å². The minimum atomic E-state index is -0.162. The van der Waals surface area contributed by atoms with Crippen LogP contribution in [0.2, 0.25) is 0 Å². The number of hydrogen-bond acceptors (Lipinski definition) is 3. The zero-order valence-electron chi connectivity index (χ0n) is 11.6. The monoisotopic (exact) mass is 261 g/mol. The van der Waals surface area contributed by atoms with Gasteiger partial charge in [0.15, 0.2) is 0 Å². The molecule has 0 aliphatic heterocycles. The molecule has 0 aromatic heterocycles. The highest BCUT2D eigenvalue weighted by Crippen LogP contribution is 2.27. The van der Waals surface area contributed by atoms with Gasteiger partial charge in [-0.25, -0.2) is 0 Å². The molecule has 0 amide bonds. The van der Waals surface area contributed by atoms with Gasteiger partial charge in [-0.1, -0.05) is 49.6 Å².